The summed E-state index contributed by atoms with van der Waals surface area (Å²) in [7, 11) is -8.58. The zero-order chi connectivity index (χ0) is 16.6. The van der Waals surface area contributed by atoms with E-state index in [-0.39, 0.29) is 12.2 Å². The lowest BCUT2D eigenvalue weighted by molar-refractivity contribution is -0.137. The first-order valence-corrected chi connectivity index (χ1v) is 7.78. The lowest BCUT2D eigenvalue weighted by Gasteiger charge is -1.97. The predicted molar refractivity (Wildman–Crippen MR) is 68.9 cm³/mol. The van der Waals surface area contributed by atoms with Crippen molar-refractivity contribution in [2.45, 2.75) is 6.92 Å². The van der Waals surface area contributed by atoms with Gasteiger partial charge in [0.2, 0.25) is 0 Å². The molecule has 0 radical (unpaired) electrons. The van der Waals surface area contributed by atoms with Crippen molar-refractivity contribution in [3.63, 3.8) is 0 Å². The first-order chi connectivity index (χ1) is 8.81. The van der Waals surface area contributed by atoms with Crippen molar-refractivity contribution in [3.8, 4) is 0 Å². The quantitative estimate of drug-likeness (QED) is 0.389. The minimum absolute atomic E-state index is 0.197. The van der Waals surface area contributed by atoms with Gasteiger partial charge in [-0.2, -0.15) is 16.8 Å². The highest BCUT2D eigenvalue weighted by Gasteiger charge is 2.17. The van der Waals surface area contributed by atoms with Crippen LogP contribution < -0.4 is 0 Å². The monoisotopic (exact) mass is 330 g/mol. The molecule has 11 heteroatoms. The van der Waals surface area contributed by atoms with Crippen molar-refractivity contribution in [2.75, 3.05) is 12.4 Å². The van der Waals surface area contributed by atoms with Crippen LogP contribution in [0.25, 0.3) is 0 Å². The Morgan fingerprint density at radius 1 is 1.20 bits per heavy atom. The smallest absolute Gasteiger partial charge is 0.333 e. The Kier molecular flexibility index (Phi) is 8.90. The first kappa shape index (κ1) is 20.8. The van der Waals surface area contributed by atoms with Crippen LogP contribution in [-0.2, 0) is 34.6 Å². The Balaban J connectivity index is 0. The number of rotatable bonds is 5. The third-order valence-corrected chi connectivity index (χ3v) is 2.83. The number of carbonyl (C=O) groups is 2. The van der Waals surface area contributed by atoms with Crippen LogP contribution in [0.2, 0.25) is 0 Å². The topological polar surface area (TPSA) is 152 Å². The van der Waals surface area contributed by atoms with E-state index >= 15 is 0 Å². The summed E-state index contributed by atoms with van der Waals surface area (Å²) in [5.41, 5.74) is -0.197. The molecule has 0 heterocycles. The largest absolute Gasteiger partial charge is 0.461 e. The van der Waals surface area contributed by atoms with E-state index in [9.17, 15) is 26.4 Å². The van der Waals surface area contributed by atoms with Crippen LogP contribution in [0.4, 0.5) is 0 Å². The molecule has 9 nitrogen and oxygen atoms in total. The third-order valence-electron chi connectivity index (χ3n) is 1.34. The van der Waals surface area contributed by atoms with E-state index < -0.39 is 37.1 Å². The second-order valence-electron chi connectivity index (χ2n) is 3.20. The number of esters is 1. The van der Waals surface area contributed by atoms with Gasteiger partial charge in [-0.15, -0.1) is 0 Å². The molecule has 0 spiro atoms. The van der Waals surface area contributed by atoms with E-state index in [1.165, 1.54) is 6.92 Å². The standard InChI is InChI=1S/C5H8O5S.C4H6O4S/c1-2-5(6)10-3-4-11(7,8)9;1-3(2)4(5)9(6,7)8/h2H,1,3-4H2,(H,7,8,9);1H2,2H3,(H,6,7,8). The van der Waals surface area contributed by atoms with E-state index in [0.717, 1.165) is 6.08 Å². The summed E-state index contributed by atoms with van der Waals surface area (Å²) in [5.74, 6) is -1.30. The van der Waals surface area contributed by atoms with Gasteiger partial charge in [0.25, 0.3) is 15.2 Å². The fraction of sp³-hybridized carbons (Fsp3) is 0.333. The lowest BCUT2D eigenvalue weighted by atomic mass is 10.4. The van der Waals surface area contributed by atoms with Crippen LogP contribution >= 0.6 is 0 Å². The maximum atomic E-state index is 10.3. The highest BCUT2D eigenvalue weighted by molar-refractivity contribution is 8.01. The second-order valence-corrected chi connectivity index (χ2v) is 6.09. The summed E-state index contributed by atoms with van der Waals surface area (Å²) >= 11 is 0. The van der Waals surface area contributed by atoms with Gasteiger partial charge >= 0.3 is 16.1 Å². The maximum Gasteiger partial charge on any atom is 0.333 e. The third kappa shape index (κ3) is 12.9. The Bertz CT molecular complexity index is 583. The summed E-state index contributed by atoms with van der Waals surface area (Å²) in [4.78, 5) is 20.5. The van der Waals surface area contributed by atoms with Crippen molar-refractivity contribution in [1.82, 2.24) is 0 Å². The molecule has 0 unspecified atom stereocenters. The second kappa shape index (κ2) is 8.58. The molecule has 2 N–H and O–H groups in total. The molecule has 0 saturated carbocycles. The SMILES string of the molecule is C=C(C)C(=O)S(=O)(=O)O.C=CC(=O)OCCS(=O)(=O)O. The number of ether oxygens (including phenoxy) is 1. The van der Waals surface area contributed by atoms with Gasteiger partial charge in [-0.05, 0) is 6.92 Å². The molecule has 20 heavy (non-hydrogen) atoms. The number of carbonyl (C=O) groups excluding carboxylic acids is 2. The predicted octanol–water partition coefficient (Wildman–Crippen LogP) is -0.420. The lowest BCUT2D eigenvalue weighted by Crippen LogP contribution is -2.13. The summed E-state index contributed by atoms with van der Waals surface area (Å²) < 4.78 is 60.4. The van der Waals surface area contributed by atoms with Crippen LogP contribution in [0.15, 0.2) is 24.8 Å². The average Bonchev–Trinajstić information content (AvgIpc) is 2.25. The van der Waals surface area contributed by atoms with Crippen molar-refractivity contribution in [2.24, 2.45) is 0 Å². The molecule has 0 aliphatic rings. The number of hydrogen-bond donors (Lipinski definition) is 2. The fourth-order valence-corrected chi connectivity index (χ4v) is 1.26. The molecule has 0 aromatic rings. The van der Waals surface area contributed by atoms with Gasteiger partial charge in [-0.25, -0.2) is 4.79 Å². The summed E-state index contributed by atoms with van der Waals surface area (Å²) in [5, 5.41) is -1.33. The Labute approximate surface area is 116 Å². The van der Waals surface area contributed by atoms with Gasteiger partial charge in [0.05, 0.1) is 0 Å². The van der Waals surface area contributed by atoms with Gasteiger partial charge in [-0.3, -0.25) is 13.9 Å². The molecule has 0 aromatic heterocycles. The molecule has 0 amide bonds. The molecule has 0 aliphatic heterocycles. The van der Waals surface area contributed by atoms with Crippen LogP contribution in [0.3, 0.4) is 0 Å². The Hall–Kier alpha value is -1.56. The minimum atomic E-state index is -4.54. The van der Waals surface area contributed by atoms with Crippen LogP contribution in [0.1, 0.15) is 6.92 Å². The zero-order valence-corrected chi connectivity index (χ0v) is 12.1. The summed E-state index contributed by atoms with van der Waals surface area (Å²) in [6.45, 7) is 6.97. The van der Waals surface area contributed by atoms with E-state index in [4.69, 9.17) is 9.11 Å². The molecule has 116 valence electrons. The highest BCUT2D eigenvalue weighted by atomic mass is 32.2. The molecule has 0 aromatic carbocycles. The Morgan fingerprint density at radius 3 is 1.85 bits per heavy atom. The van der Waals surface area contributed by atoms with Gasteiger partial charge in [0.1, 0.15) is 12.4 Å². The van der Waals surface area contributed by atoms with E-state index in [2.05, 4.69) is 17.9 Å². The zero-order valence-electron chi connectivity index (χ0n) is 10.5. The van der Waals surface area contributed by atoms with Crippen LogP contribution in [-0.4, -0.2) is 49.4 Å². The van der Waals surface area contributed by atoms with E-state index in [0.29, 0.717) is 0 Å². The Morgan fingerprint density at radius 2 is 1.65 bits per heavy atom. The normalized spacial score (nSPS) is 10.8. The molecular formula is C9H14O9S2. The average molecular weight is 330 g/mol. The van der Waals surface area contributed by atoms with Crippen molar-refractivity contribution in [1.29, 1.82) is 0 Å². The molecular weight excluding hydrogens is 316 g/mol. The molecule has 0 aliphatic carbocycles. The minimum Gasteiger partial charge on any atom is -0.461 e. The van der Waals surface area contributed by atoms with E-state index in [1.807, 2.05) is 0 Å². The fourth-order valence-electron chi connectivity index (χ4n) is 0.527. The molecule has 0 atom stereocenters. The van der Waals surface area contributed by atoms with Crippen molar-refractivity contribution < 1.29 is 40.3 Å². The van der Waals surface area contributed by atoms with Crippen molar-refractivity contribution >= 4 is 31.3 Å². The van der Waals surface area contributed by atoms with Gasteiger partial charge in [-0.1, -0.05) is 13.2 Å². The molecule has 0 fully saturated rings. The van der Waals surface area contributed by atoms with Gasteiger partial charge < -0.3 is 4.74 Å². The summed E-state index contributed by atoms with van der Waals surface area (Å²) in [6, 6.07) is 0. The maximum absolute atomic E-state index is 10.3. The molecule has 0 bridgehead atoms. The highest BCUT2D eigenvalue weighted by Crippen LogP contribution is 1.95. The van der Waals surface area contributed by atoms with Crippen LogP contribution in [0, 0.1) is 0 Å². The van der Waals surface area contributed by atoms with Crippen molar-refractivity contribution in [3.05, 3.63) is 24.8 Å². The van der Waals surface area contributed by atoms with Gasteiger partial charge in [0, 0.05) is 11.6 Å². The number of hydrogen-bond acceptors (Lipinski definition) is 7. The van der Waals surface area contributed by atoms with Gasteiger partial charge in [0.15, 0.2) is 0 Å². The molecule has 0 saturated heterocycles. The first-order valence-electron chi connectivity index (χ1n) is 4.73. The summed E-state index contributed by atoms with van der Waals surface area (Å²) in [6.07, 6.45) is 0.907. The molecule has 0 rings (SSSR count). The van der Waals surface area contributed by atoms with E-state index in [1.54, 1.807) is 0 Å². The van der Waals surface area contributed by atoms with Crippen LogP contribution in [0.5, 0.6) is 0 Å².